The molecule has 0 saturated carbocycles. The zero-order valence-electron chi connectivity index (χ0n) is 14.1. The number of aliphatic hydroxyl groups is 1. The first-order valence-corrected chi connectivity index (χ1v) is 7.86. The molecule has 24 heavy (non-hydrogen) atoms. The molecule has 0 aliphatic carbocycles. The lowest BCUT2D eigenvalue weighted by molar-refractivity contribution is -0.139. The Labute approximate surface area is 140 Å². The molecule has 2 N–H and O–H groups in total. The first kappa shape index (κ1) is 20.4. The number of carbonyl (C=O) groups excluding carboxylic acids is 1. The maximum absolute atomic E-state index is 12.9. The van der Waals surface area contributed by atoms with E-state index in [0.717, 1.165) is 12.5 Å². The van der Waals surface area contributed by atoms with E-state index in [-0.39, 0.29) is 12.1 Å². The highest BCUT2D eigenvalue weighted by molar-refractivity contribution is 5.80. The Morgan fingerprint density at radius 1 is 1.25 bits per heavy atom. The van der Waals surface area contributed by atoms with Crippen LogP contribution >= 0.6 is 0 Å². The molecule has 0 aromatic heterocycles. The number of hydrogen-bond acceptors (Lipinski definition) is 3. The van der Waals surface area contributed by atoms with E-state index >= 15 is 0 Å². The van der Waals surface area contributed by atoms with Crippen molar-refractivity contribution in [2.45, 2.75) is 45.6 Å². The number of nitrogens with one attached hydrogen (secondary N) is 1. The number of carbonyl (C=O) groups is 1. The maximum Gasteiger partial charge on any atom is 0.416 e. The first-order chi connectivity index (χ1) is 11.1. The van der Waals surface area contributed by atoms with Gasteiger partial charge in [0, 0.05) is 13.2 Å². The Morgan fingerprint density at radius 3 is 2.46 bits per heavy atom. The van der Waals surface area contributed by atoms with Gasteiger partial charge >= 0.3 is 6.18 Å². The van der Waals surface area contributed by atoms with E-state index in [1.54, 1.807) is 6.92 Å². The SMILES string of the molecule is CC(C)CCOC(C)C(=O)NCC(O)c1ccccc1C(F)(F)F. The van der Waals surface area contributed by atoms with E-state index in [9.17, 15) is 23.1 Å². The van der Waals surface area contributed by atoms with Gasteiger partial charge in [-0.15, -0.1) is 0 Å². The average molecular weight is 347 g/mol. The smallest absolute Gasteiger partial charge is 0.387 e. The summed E-state index contributed by atoms with van der Waals surface area (Å²) in [5, 5.41) is 12.4. The summed E-state index contributed by atoms with van der Waals surface area (Å²) >= 11 is 0. The predicted molar refractivity (Wildman–Crippen MR) is 84.3 cm³/mol. The molecule has 7 heteroatoms. The van der Waals surface area contributed by atoms with Crippen molar-refractivity contribution in [3.63, 3.8) is 0 Å². The summed E-state index contributed by atoms with van der Waals surface area (Å²) in [5.41, 5.74) is -1.17. The van der Waals surface area contributed by atoms with Gasteiger partial charge < -0.3 is 15.2 Å². The molecular formula is C17H24F3NO3. The predicted octanol–water partition coefficient (Wildman–Crippen LogP) is 3.31. The maximum atomic E-state index is 12.9. The molecule has 1 rings (SSSR count). The number of ether oxygens (including phenoxy) is 1. The Balaban J connectivity index is 2.57. The van der Waals surface area contributed by atoms with Gasteiger partial charge in [0.2, 0.25) is 5.91 Å². The van der Waals surface area contributed by atoms with Crippen LogP contribution in [0.1, 0.15) is 44.4 Å². The molecule has 2 unspecified atom stereocenters. The van der Waals surface area contributed by atoms with Crippen LogP contribution in [0.25, 0.3) is 0 Å². The second kappa shape index (κ2) is 9.03. The normalized spacial score (nSPS) is 14.5. The van der Waals surface area contributed by atoms with Crippen LogP contribution < -0.4 is 5.32 Å². The van der Waals surface area contributed by atoms with Gasteiger partial charge in [0.15, 0.2) is 0 Å². The van der Waals surface area contributed by atoms with Crippen molar-refractivity contribution in [2.24, 2.45) is 5.92 Å². The zero-order chi connectivity index (χ0) is 18.3. The fourth-order valence-corrected chi connectivity index (χ4v) is 2.05. The first-order valence-electron chi connectivity index (χ1n) is 7.86. The quantitative estimate of drug-likeness (QED) is 0.759. The highest BCUT2D eigenvalue weighted by Gasteiger charge is 2.34. The largest absolute Gasteiger partial charge is 0.416 e. The molecular weight excluding hydrogens is 323 g/mol. The van der Waals surface area contributed by atoms with Crippen LogP contribution in [0.5, 0.6) is 0 Å². The second-order valence-corrected chi connectivity index (χ2v) is 6.04. The highest BCUT2D eigenvalue weighted by atomic mass is 19.4. The molecule has 0 saturated heterocycles. The third-order valence-corrected chi connectivity index (χ3v) is 3.53. The van der Waals surface area contributed by atoms with Gasteiger partial charge in [0.05, 0.1) is 11.7 Å². The van der Waals surface area contributed by atoms with Crippen LogP contribution in [-0.4, -0.2) is 30.3 Å². The van der Waals surface area contributed by atoms with E-state index in [1.165, 1.54) is 18.2 Å². The van der Waals surface area contributed by atoms with E-state index in [2.05, 4.69) is 5.32 Å². The van der Waals surface area contributed by atoms with E-state index in [1.807, 2.05) is 13.8 Å². The average Bonchev–Trinajstić information content (AvgIpc) is 2.50. The van der Waals surface area contributed by atoms with Crippen molar-refractivity contribution < 1.29 is 27.8 Å². The second-order valence-electron chi connectivity index (χ2n) is 6.04. The lowest BCUT2D eigenvalue weighted by Crippen LogP contribution is -2.37. The summed E-state index contributed by atoms with van der Waals surface area (Å²) in [4.78, 5) is 11.9. The Morgan fingerprint density at radius 2 is 1.88 bits per heavy atom. The summed E-state index contributed by atoms with van der Waals surface area (Å²) < 4.78 is 44.1. The third kappa shape index (κ3) is 6.49. The summed E-state index contributed by atoms with van der Waals surface area (Å²) in [6.07, 6.45) is -5.93. The molecule has 0 bridgehead atoms. The van der Waals surface area contributed by atoms with Gasteiger partial charge in [-0.25, -0.2) is 0 Å². The summed E-state index contributed by atoms with van der Waals surface area (Å²) in [7, 11) is 0. The topological polar surface area (TPSA) is 58.6 Å². The van der Waals surface area contributed by atoms with Crippen molar-refractivity contribution in [3.05, 3.63) is 35.4 Å². The monoisotopic (exact) mass is 347 g/mol. The molecule has 4 nitrogen and oxygen atoms in total. The molecule has 0 aliphatic rings. The van der Waals surface area contributed by atoms with Gasteiger partial charge in [-0.2, -0.15) is 13.2 Å². The molecule has 136 valence electrons. The lowest BCUT2D eigenvalue weighted by Gasteiger charge is -2.19. The molecule has 0 spiro atoms. The summed E-state index contributed by atoms with van der Waals surface area (Å²) in [6.45, 7) is 5.73. The van der Waals surface area contributed by atoms with Crippen LogP contribution in [0, 0.1) is 5.92 Å². The molecule has 0 radical (unpaired) electrons. The van der Waals surface area contributed by atoms with E-state index < -0.39 is 29.9 Å². The van der Waals surface area contributed by atoms with Crippen LogP contribution in [0.15, 0.2) is 24.3 Å². The van der Waals surface area contributed by atoms with Gasteiger partial charge in [0.1, 0.15) is 6.10 Å². The minimum atomic E-state index is -4.56. The highest BCUT2D eigenvalue weighted by Crippen LogP contribution is 2.34. The number of benzene rings is 1. The Kier molecular flexibility index (Phi) is 7.69. The summed E-state index contributed by atoms with van der Waals surface area (Å²) in [5.74, 6) is -0.0248. The van der Waals surface area contributed by atoms with Gasteiger partial charge in [-0.3, -0.25) is 4.79 Å². The minimum absolute atomic E-state index is 0.265. The van der Waals surface area contributed by atoms with Crippen LogP contribution in [0.3, 0.4) is 0 Å². The standard InChI is InChI=1S/C17H24F3NO3/c1-11(2)8-9-24-12(3)16(23)21-10-15(22)13-6-4-5-7-14(13)17(18,19)20/h4-7,11-12,15,22H,8-10H2,1-3H3,(H,21,23). The van der Waals surface area contributed by atoms with E-state index in [4.69, 9.17) is 4.74 Å². The van der Waals surface area contributed by atoms with Crippen LogP contribution in [0.2, 0.25) is 0 Å². The molecule has 1 aromatic rings. The van der Waals surface area contributed by atoms with Crippen molar-refractivity contribution in [2.75, 3.05) is 13.2 Å². The molecule has 0 aliphatic heterocycles. The molecule has 1 aromatic carbocycles. The fraction of sp³-hybridized carbons (Fsp3) is 0.588. The molecule has 2 atom stereocenters. The molecule has 0 heterocycles. The number of halogens is 3. The third-order valence-electron chi connectivity index (χ3n) is 3.53. The summed E-state index contributed by atoms with van der Waals surface area (Å²) in [6, 6.07) is 4.76. The minimum Gasteiger partial charge on any atom is -0.387 e. The number of amides is 1. The van der Waals surface area contributed by atoms with Crippen molar-refractivity contribution in [1.82, 2.24) is 5.32 Å². The van der Waals surface area contributed by atoms with Gasteiger partial charge in [-0.1, -0.05) is 32.0 Å². The number of hydrogen-bond donors (Lipinski definition) is 2. The number of rotatable bonds is 8. The zero-order valence-corrected chi connectivity index (χ0v) is 14.1. The van der Waals surface area contributed by atoms with E-state index in [0.29, 0.717) is 12.5 Å². The number of aliphatic hydroxyl groups excluding tert-OH is 1. The lowest BCUT2D eigenvalue weighted by atomic mass is 10.0. The number of alkyl halides is 3. The van der Waals surface area contributed by atoms with Crippen LogP contribution in [0.4, 0.5) is 13.2 Å². The Hall–Kier alpha value is -1.60. The van der Waals surface area contributed by atoms with Crippen LogP contribution in [-0.2, 0) is 15.7 Å². The fourth-order valence-electron chi connectivity index (χ4n) is 2.05. The van der Waals surface area contributed by atoms with Gasteiger partial charge in [-0.05, 0) is 30.9 Å². The Bertz CT molecular complexity index is 532. The van der Waals surface area contributed by atoms with Gasteiger partial charge in [0.25, 0.3) is 0 Å². The van der Waals surface area contributed by atoms with Crippen molar-refractivity contribution in [1.29, 1.82) is 0 Å². The van der Waals surface area contributed by atoms with Crippen molar-refractivity contribution >= 4 is 5.91 Å². The van der Waals surface area contributed by atoms with Crippen molar-refractivity contribution in [3.8, 4) is 0 Å². The molecule has 0 fully saturated rings. The molecule has 1 amide bonds.